The van der Waals surface area contributed by atoms with E-state index in [0.717, 1.165) is 0 Å². The van der Waals surface area contributed by atoms with E-state index in [1.54, 1.807) is 50.2 Å². The molecule has 0 saturated carbocycles. The SMILES string of the molecule is COc1cc(/C=C(\C#N)C(=O)NC(C)C)ccc1OC(=O)COc1ccc(Cl)cc1. The number of amides is 1. The van der Waals surface area contributed by atoms with Crippen molar-refractivity contribution in [3.05, 3.63) is 58.6 Å². The van der Waals surface area contributed by atoms with E-state index in [-0.39, 0.29) is 29.7 Å². The maximum Gasteiger partial charge on any atom is 0.349 e. The fourth-order valence-corrected chi connectivity index (χ4v) is 2.46. The first-order chi connectivity index (χ1) is 14.3. The van der Waals surface area contributed by atoms with Crippen LogP contribution in [-0.4, -0.2) is 31.6 Å². The molecule has 0 saturated heterocycles. The fraction of sp³-hybridized carbons (Fsp3) is 0.227. The molecule has 0 bridgehead atoms. The molecule has 0 atom stereocenters. The first kappa shape index (κ1) is 22.8. The average molecular weight is 429 g/mol. The van der Waals surface area contributed by atoms with Crippen LogP contribution < -0.4 is 19.5 Å². The zero-order valence-corrected chi connectivity index (χ0v) is 17.5. The van der Waals surface area contributed by atoms with Crippen LogP contribution in [0.3, 0.4) is 0 Å². The molecule has 30 heavy (non-hydrogen) atoms. The van der Waals surface area contributed by atoms with Crippen molar-refractivity contribution in [3.8, 4) is 23.3 Å². The molecule has 1 N–H and O–H groups in total. The zero-order valence-electron chi connectivity index (χ0n) is 16.8. The predicted octanol–water partition coefficient (Wildman–Crippen LogP) is 3.76. The number of nitrogens with one attached hydrogen (secondary N) is 1. The topological polar surface area (TPSA) is 97.6 Å². The summed E-state index contributed by atoms with van der Waals surface area (Å²) in [6.07, 6.45) is 1.43. The van der Waals surface area contributed by atoms with Crippen molar-refractivity contribution in [1.29, 1.82) is 5.26 Å². The van der Waals surface area contributed by atoms with E-state index in [1.807, 2.05) is 6.07 Å². The van der Waals surface area contributed by atoms with Crippen molar-refractivity contribution in [2.24, 2.45) is 0 Å². The Morgan fingerprint density at radius 1 is 1.17 bits per heavy atom. The van der Waals surface area contributed by atoms with Crippen LogP contribution in [0.5, 0.6) is 17.2 Å². The molecule has 0 spiro atoms. The van der Waals surface area contributed by atoms with E-state index in [0.29, 0.717) is 16.3 Å². The molecular weight excluding hydrogens is 408 g/mol. The summed E-state index contributed by atoms with van der Waals surface area (Å²) in [7, 11) is 1.42. The van der Waals surface area contributed by atoms with E-state index in [2.05, 4.69) is 5.32 Å². The molecule has 1 amide bonds. The predicted molar refractivity (Wildman–Crippen MR) is 112 cm³/mol. The maximum absolute atomic E-state index is 12.1. The smallest absolute Gasteiger partial charge is 0.349 e. The third kappa shape index (κ3) is 6.83. The average Bonchev–Trinajstić information content (AvgIpc) is 2.71. The molecule has 2 aromatic carbocycles. The van der Waals surface area contributed by atoms with E-state index in [9.17, 15) is 14.9 Å². The second kappa shape index (κ2) is 10.9. The van der Waals surface area contributed by atoms with Gasteiger partial charge in [-0.3, -0.25) is 4.79 Å². The normalized spacial score (nSPS) is 10.9. The summed E-state index contributed by atoms with van der Waals surface area (Å²) in [5, 5.41) is 12.5. The largest absolute Gasteiger partial charge is 0.493 e. The lowest BCUT2D eigenvalue weighted by atomic mass is 10.1. The summed E-state index contributed by atoms with van der Waals surface area (Å²) in [5.74, 6) is -0.163. The number of hydrogen-bond acceptors (Lipinski definition) is 6. The van der Waals surface area contributed by atoms with E-state index in [1.165, 1.54) is 19.3 Å². The van der Waals surface area contributed by atoms with Crippen LogP contribution in [0.15, 0.2) is 48.0 Å². The van der Waals surface area contributed by atoms with Gasteiger partial charge in [0, 0.05) is 11.1 Å². The van der Waals surface area contributed by atoms with Crippen molar-refractivity contribution in [3.63, 3.8) is 0 Å². The van der Waals surface area contributed by atoms with Crippen LogP contribution in [0.25, 0.3) is 6.08 Å². The molecule has 2 rings (SSSR count). The lowest BCUT2D eigenvalue weighted by Gasteiger charge is -2.11. The van der Waals surface area contributed by atoms with Gasteiger partial charge in [0.2, 0.25) is 0 Å². The molecule has 0 heterocycles. The van der Waals surface area contributed by atoms with Crippen molar-refractivity contribution in [2.75, 3.05) is 13.7 Å². The summed E-state index contributed by atoms with van der Waals surface area (Å²) >= 11 is 5.80. The number of nitrogens with zero attached hydrogens (tertiary/aromatic N) is 1. The molecule has 0 aromatic heterocycles. The summed E-state index contributed by atoms with van der Waals surface area (Å²) in [4.78, 5) is 24.1. The number of halogens is 1. The maximum atomic E-state index is 12.1. The van der Waals surface area contributed by atoms with Crippen molar-refractivity contribution in [2.45, 2.75) is 19.9 Å². The number of benzene rings is 2. The fourth-order valence-electron chi connectivity index (χ4n) is 2.34. The molecule has 2 aromatic rings. The molecule has 0 radical (unpaired) electrons. The van der Waals surface area contributed by atoms with Gasteiger partial charge in [-0.1, -0.05) is 17.7 Å². The molecular formula is C22H21ClN2O5. The molecule has 7 nitrogen and oxygen atoms in total. The van der Waals surface area contributed by atoms with Gasteiger partial charge in [-0.15, -0.1) is 0 Å². The first-order valence-electron chi connectivity index (χ1n) is 9.02. The molecule has 156 valence electrons. The minimum Gasteiger partial charge on any atom is -0.493 e. The van der Waals surface area contributed by atoms with E-state index in [4.69, 9.17) is 25.8 Å². The minimum absolute atomic E-state index is 0.0492. The Balaban J connectivity index is 2.08. The van der Waals surface area contributed by atoms with Crippen LogP contribution in [-0.2, 0) is 9.59 Å². The Kier molecular flexibility index (Phi) is 8.27. The van der Waals surface area contributed by atoms with E-state index >= 15 is 0 Å². The van der Waals surface area contributed by atoms with Crippen molar-refractivity contribution < 1.29 is 23.8 Å². The van der Waals surface area contributed by atoms with Crippen LogP contribution >= 0.6 is 11.6 Å². The summed E-state index contributed by atoms with van der Waals surface area (Å²) in [5.41, 5.74) is 0.492. The van der Waals surface area contributed by atoms with Gasteiger partial charge < -0.3 is 19.5 Å². The highest BCUT2D eigenvalue weighted by Crippen LogP contribution is 2.29. The molecule has 0 aliphatic carbocycles. The Labute approximate surface area is 179 Å². The summed E-state index contributed by atoms with van der Waals surface area (Å²) in [6, 6.07) is 13.0. The molecule has 0 fully saturated rings. The number of ether oxygens (including phenoxy) is 3. The lowest BCUT2D eigenvalue weighted by Crippen LogP contribution is -2.30. The van der Waals surface area contributed by atoms with Gasteiger partial charge in [-0.2, -0.15) is 5.26 Å². The Bertz CT molecular complexity index is 978. The van der Waals surface area contributed by atoms with Crippen LogP contribution in [0.1, 0.15) is 19.4 Å². The van der Waals surface area contributed by atoms with Gasteiger partial charge in [0.15, 0.2) is 18.1 Å². The number of esters is 1. The van der Waals surface area contributed by atoms with Gasteiger partial charge in [0.25, 0.3) is 5.91 Å². The van der Waals surface area contributed by atoms with Crippen LogP contribution in [0.2, 0.25) is 5.02 Å². The Morgan fingerprint density at radius 3 is 2.47 bits per heavy atom. The number of carbonyl (C=O) groups is 2. The van der Waals surface area contributed by atoms with E-state index < -0.39 is 11.9 Å². The monoisotopic (exact) mass is 428 g/mol. The van der Waals surface area contributed by atoms with Crippen molar-refractivity contribution >= 4 is 29.6 Å². The highest BCUT2D eigenvalue weighted by Gasteiger charge is 2.14. The number of rotatable bonds is 8. The quantitative estimate of drug-likeness (QED) is 0.297. The molecule has 0 aliphatic rings. The Hall–Kier alpha value is -3.50. The highest BCUT2D eigenvalue weighted by molar-refractivity contribution is 6.30. The highest BCUT2D eigenvalue weighted by atomic mass is 35.5. The summed E-state index contributed by atoms with van der Waals surface area (Å²) < 4.78 is 15.9. The Morgan fingerprint density at radius 2 is 1.87 bits per heavy atom. The number of carbonyl (C=O) groups excluding carboxylic acids is 2. The summed E-state index contributed by atoms with van der Waals surface area (Å²) in [6.45, 7) is 3.30. The third-order valence-corrected chi connectivity index (χ3v) is 3.93. The van der Waals surface area contributed by atoms with Gasteiger partial charge in [-0.25, -0.2) is 4.79 Å². The van der Waals surface area contributed by atoms with Gasteiger partial charge in [0.1, 0.15) is 17.4 Å². The lowest BCUT2D eigenvalue weighted by molar-refractivity contribution is -0.136. The zero-order chi connectivity index (χ0) is 22.1. The second-order valence-electron chi connectivity index (χ2n) is 6.42. The second-order valence-corrected chi connectivity index (χ2v) is 6.86. The standard InChI is InChI=1S/C22H21ClN2O5/c1-14(2)25-22(27)16(12-24)10-15-4-9-19(20(11-15)28-3)30-21(26)13-29-18-7-5-17(23)6-8-18/h4-11,14H,13H2,1-3H3,(H,25,27)/b16-10+. The van der Waals surface area contributed by atoms with Crippen LogP contribution in [0, 0.1) is 11.3 Å². The van der Waals surface area contributed by atoms with Gasteiger partial charge in [0.05, 0.1) is 7.11 Å². The minimum atomic E-state index is -0.624. The van der Waals surface area contributed by atoms with Gasteiger partial charge in [-0.05, 0) is 61.9 Å². The molecule has 0 aliphatic heterocycles. The molecule has 0 unspecified atom stereocenters. The van der Waals surface area contributed by atoms with Crippen LogP contribution in [0.4, 0.5) is 0 Å². The number of nitriles is 1. The first-order valence-corrected chi connectivity index (χ1v) is 9.40. The van der Waals surface area contributed by atoms with Gasteiger partial charge >= 0.3 is 5.97 Å². The van der Waals surface area contributed by atoms with Crippen molar-refractivity contribution in [1.82, 2.24) is 5.32 Å². The third-order valence-electron chi connectivity index (χ3n) is 3.68. The molecule has 8 heteroatoms. The number of methoxy groups -OCH3 is 1. The number of hydrogen-bond donors (Lipinski definition) is 1.